The smallest absolute Gasteiger partial charge is 0.0645 e. The number of nitrogens with zero attached hydrogens (tertiary/aromatic N) is 2. The van der Waals surface area contributed by atoms with Crippen molar-refractivity contribution < 1.29 is 18.9 Å². The number of rotatable bonds is 17. The van der Waals surface area contributed by atoms with Crippen LogP contribution in [0.15, 0.2) is 0 Å². The third-order valence-electron chi connectivity index (χ3n) is 3.03. The molecule has 23 heavy (non-hydrogen) atoms. The van der Waals surface area contributed by atoms with Gasteiger partial charge >= 0.3 is 0 Å². The second kappa shape index (κ2) is 18.9. The molecule has 0 saturated heterocycles. The predicted octanol–water partition coefficient (Wildman–Crippen LogP) is 2.83. The van der Waals surface area contributed by atoms with Crippen molar-refractivity contribution in [1.29, 1.82) is 10.5 Å². The molecule has 1 atom stereocenters. The molecular weight excluding hydrogens is 296 g/mol. The zero-order chi connectivity index (χ0) is 17.0. The maximum Gasteiger partial charge on any atom is 0.0645 e. The molecule has 0 aromatic heterocycles. The van der Waals surface area contributed by atoms with E-state index in [2.05, 4.69) is 6.92 Å². The molecule has 0 fully saturated rings. The molecule has 132 valence electrons. The summed E-state index contributed by atoms with van der Waals surface area (Å²) in [6.07, 6.45) is 4.81. The van der Waals surface area contributed by atoms with Crippen LogP contribution in [0.25, 0.3) is 0 Å². The fourth-order valence-corrected chi connectivity index (χ4v) is 1.81. The van der Waals surface area contributed by atoms with Crippen LogP contribution in [0.2, 0.25) is 0 Å². The lowest BCUT2D eigenvalue weighted by molar-refractivity contribution is 0.0304. The number of hydrogen-bond donors (Lipinski definition) is 0. The Balaban J connectivity index is 3.14. The maximum absolute atomic E-state index is 8.35. The summed E-state index contributed by atoms with van der Waals surface area (Å²) in [5, 5.41) is 16.7. The van der Waals surface area contributed by atoms with Crippen LogP contribution in [0.1, 0.15) is 45.4 Å². The van der Waals surface area contributed by atoms with Crippen LogP contribution in [0.4, 0.5) is 0 Å². The largest absolute Gasteiger partial charge is 0.381 e. The van der Waals surface area contributed by atoms with E-state index in [-0.39, 0.29) is 6.10 Å². The molecule has 0 bridgehead atoms. The molecular formula is C17H30N2O4. The first-order chi connectivity index (χ1) is 11.3. The molecule has 1 unspecified atom stereocenters. The average Bonchev–Trinajstić information content (AvgIpc) is 2.55. The van der Waals surface area contributed by atoms with Gasteiger partial charge in [-0.05, 0) is 32.6 Å². The van der Waals surface area contributed by atoms with Crippen molar-refractivity contribution in [2.75, 3.05) is 46.2 Å². The summed E-state index contributed by atoms with van der Waals surface area (Å²) in [7, 11) is 0. The van der Waals surface area contributed by atoms with Crippen molar-refractivity contribution >= 4 is 0 Å². The molecule has 0 rings (SSSR count). The van der Waals surface area contributed by atoms with Crippen molar-refractivity contribution in [3.8, 4) is 12.1 Å². The van der Waals surface area contributed by atoms with Crippen LogP contribution in [-0.4, -0.2) is 52.4 Å². The lowest BCUT2D eigenvalue weighted by Crippen LogP contribution is -2.12. The molecule has 0 spiro atoms. The standard InChI is InChI=1S/C17H30N2O4/c1-17(23-16-6-15-22-12-4-9-19)7-2-10-20-13-5-14-21-11-3-8-18/h17H,2-7,10-16H2,1H3. The lowest BCUT2D eigenvalue weighted by Gasteiger charge is -2.13. The average molecular weight is 326 g/mol. The molecule has 0 amide bonds. The van der Waals surface area contributed by atoms with E-state index in [4.69, 9.17) is 29.5 Å². The van der Waals surface area contributed by atoms with Crippen molar-refractivity contribution in [3.05, 3.63) is 0 Å². The molecule has 0 aromatic carbocycles. The van der Waals surface area contributed by atoms with Gasteiger partial charge in [-0.15, -0.1) is 0 Å². The summed E-state index contributed by atoms with van der Waals surface area (Å²) in [6.45, 7) is 6.51. The van der Waals surface area contributed by atoms with Crippen molar-refractivity contribution in [1.82, 2.24) is 0 Å². The number of hydrogen-bond acceptors (Lipinski definition) is 6. The zero-order valence-electron chi connectivity index (χ0n) is 14.3. The van der Waals surface area contributed by atoms with E-state index < -0.39 is 0 Å². The topological polar surface area (TPSA) is 84.5 Å². The van der Waals surface area contributed by atoms with Gasteiger partial charge < -0.3 is 18.9 Å². The fraction of sp³-hybridized carbons (Fsp3) is 0.882. The van der Waals surface area contributed by atoms with Crippen LogP contribution in [0, 0.1) is 22.7 Å². The Morgan fingerprint density at radius 3 is 1.74 bits per heavy atom. The van der Waals surface area contributed by atoms with Gasteiger partial charge in [-0.25, -0.2) is 0 Å². The molecule has 0 N–H and O–H groups in total. The highest BCUT2D eigenvalue weighted by Gasteiger charge is 2.02. The first-order valence-electron chi connectivity index (χ1n) is 8.40. The SMILES string of the molecule is CC(CCCOCCCOCCC#N)OCCCOCCC#N. The molecule has 0 saturated carbocycles. The number of nitriles is 2. The van der Waals surface area contributed by atoms with E-state index >= 15 is 0 Å². The van der Waals surface area contributed by atoms with Gasteiger partial charge in [0.15, 0.2) is 0 Å². The Hall–Kier alpha value is -1.18. The summed E-state index contributed by atoms with van der Waals surface area (Å²) < 4.78 is 21.7. The van der Waals surface area contributed by atoms with Crippen LogP contribution < -0.4 is 0 Å². The first-order valence-corrected chi connectivity index (χ1v) is 8.40. The van der Waals surface area contributed by atoms with Crippen molar-refractivity contribution in [2.24, 2.45) is 0 Å². The maximum atomic E-state index is 8.35. The summed E-state index contributed by atoms with van der Waals surface area (Å²) in [5.74, 6) is 0. The molecule has 0 radical (unpaired) electrons. The molecule has 0 heterocycles. The third kappa shape index (κ3) is 18.8. The fourth-order valence-electron chi connectivity index (χ4n) is 1.81. The third-order valence-corrected chi connectivity index (χ3v) is 3.03. The summed E-state index contributed by atoms with van der Waals surface area (Å²) in [5.41, 5.74) is 0. The van der Waals surface area contributed by atoms with Crippen LogP contribution >= 0.6 is 0 Å². The molecule has 6 heteroatoms. The van der Waals surface area contributed by atoms with Gasteiger partial charge in [0.05, 0.1) is 44.3 Å². The predicted molar refractivity (Wildman–Crippen MR) is 86.8 cm³/mol. The summed E-state index contributed by atoms with van der Waals surface area (Å²) >= 11 is 0. The van der Waals surface area contributed by atoms with E-state index in [1.54, 1.807) is 0 Å². The highest BCUT2D eigenvalue weighted by molar-refractivity contribution is 4.67. The Kier molecular flexibility index (Phi) is 17.9. The lowest BCUT2D eigenvalue weighted by atomic mass is 10.2. The Bertz CT molecular complexity index is 326. The first kappa shape index (κ1) is 21.8. The van der Waals surface area contributed by atoms with Gasteiger partial charge in [0.2, 0.25) is 0 Å². The molecule has 0 aromatic rings. The van der Waals surface area contributed by atoms with Crippen LogP contribution in [0.3, 0.4) is 0 Å². The summed E-state index contributed by atoms with van der Waals surface area (Å²) in [6, 6.07) is 4.08. The van der Waals surface area contributed by atoms with Gasteiger partial charge in [-0.1, -0.05) is 0 Å². The van der Waals surface area contributed by atoms with Crippen LogP contribution in [-0.2, 0) is 18.9 Å². The Morgan fingerprint density at radius 1 is 0.696 bits per heavy atom. The van der Waals surface area contributed by atoms with Gasteiger partial charge in [-0.3, -0.25) is 0 Å². The van der Waals surface area contributed by atoms with Crippen LogP contribution in [0.5, 0.6) is 0 Å². The molecule has 0 aliphatic rings. The second-order valence-electron chi connectivity index (χ2n) is 5.18. The van der Waals surface area contributed by atoms with Gasteiger partial charge in [0.25, 0.3) is 0 Å². The van der Waals surface area contributed by atoms with Gasteiger partial charge in [0.1, 0.15) is 0 Å². The highest BCUT2D eigenvalue weighted by atomic mass is 16.5. The van der Waals surface area contributed by atoms with E-state index in [0.717, 1.165) is 32.3 Å². The van der Waals surface area contributed by atoms with Gasteiger partial charge in [0, 0.05) is 33.0 Å². The van der Waals surface area contributed by atoms with E-state index in [1.165, 1.54) is 0 Å². The highest BCUT2D eigenvalue weighted by Crippen LogP contribution is 2.03. The Morgan fingerprint density at radius 2 is 1.17 bits per heavy atom. The molecule has 0 aliphatic carbocycles. The van der Waals surface area contributed by atoms with Crippen molar-refractivity contribution in [3.63, 3.8) is 0 Å². The number of ether oxygens (including phenoxy) is 4. The van der Waals surface area contributed by atoms with Crippen molar-refractivity contribution in [2.45, 2.75) is 51.6 Å². The monoisotopic (exact) mass is 326 g/mol. The van der Waals surface area contributed by atoms with E-state index in [0.29, 0.717) is 52.5 Å². The second-order valence-corrected chi connectivity index (χ2v) is 5.18. The van der Waals surface area contributed by atoms with Gasteiger partial charge in [-0.2, -0.15) is 10.5 Å². The normalized spacial score (nSPS) is 11.8. The minimum absolute atomic E-state index is 0.229. The summed E-state index contributed by atoms with van der Waals surface area (Å²) in [4.78, 5) is 0. The van der Waals surface area contributed by atoms with E-state index in [1.807, 2.05) is 12.1 Å². The Labute approximate surface area is 140 Å². The molecule has 6 nitrogen and oxygen atoms in total. The quantitative estimate of drug-likeness (QED) is 0.382. The minimum atomic E-state index is 0.229. The minimum Gasteiger partial charge on any atom is -0.381 e. The molecule has 0 aliphatic heterocycles. The zero-order valence-corrected chi connectivity index (χ0v) is 14.3. The van der Waals surface area contributed by atoms with E-state index in [9.17, 15) is 0 Å².